The maximum Gasteiger partial charge on any atom is 0.311 e. The summed E-state index contributed by atoms with van der Waals surface area (Å²) in [5.41, 5.74) is 0.584. The zero-order chi connectivity index (χ0) is 18.5. The monoisotopic (exact) mass is 393 g/mol. The summed E-state index contributed by atoms with van der Waals surface area (Å²) in [6.07, 6.45) is 9.05. The molecule has 3 rings (SSSR count). The van der Waals surface area contributed by atoms with Crippen LogP contribution in [0, 0.1) is 5.92 Å². The van der Waals surface area contributed by atoms with Crippen molar-refractivity contribution in [2.24, 2.45) is 5.92 Å². The minimum atomic E-state index is -0.436. The first-order chi connectivity index (χ1) is 12.5. The number of ether oxygens (including phenoxy) is 1. The van der Waals surface area contributed by atoms with Gasteiger partial charge >= 0.3 is 5.97 Å². The summed E-state index contributed by atoms with van der Waals surface area (Å²) in [6.45, 7) is 0. The molecule has 2 aliphatic rings. The van der Waals surface area contributed by atoms with Crippen molar-refractivity contribution in [2.45, 2.75) is 44.9 Å². The average Bonchev–Trinajstić information content (AvgIpc) is 2.93. The van der Waals surface area contributed by atoms with Gasteiger partial charge in [-0.3, -0.25) is 19.7 Å². The molecule has 0 unspecified atom stereocenters. The van der Waals surface area contributed by atoms with Gasteiger partial charge in [-0.05, 0) is 47.9 Å². The number of imide groups is 1. The minimum absolute atomic E-state index is 0.255. The van der Waals surface area contributed by atoms with Crippen LogP contribution in [-0.4, -0.2) is 17.1 Å². The van der Waals surface area contributed by atoms with Crippen LogP contribution in [0.1, 0.15) is 50.5 Å². The number of hydrogen-bond acceptors (Lipinski definition) is 5. The number of benzene rings is 1. The lowest BCUT2D eigenvalue weighted by molar-refractivity contribution is -0.134. The number of rotatable bonds is 5. The molecule has 0 aromatic heterocycles. The molecule has 0 spiro atoms. The SMILES string of the molecule is O=C(CCC1CCCCC1)Oc1ccc(/C=C2\SC(=O)NC2=O)c(Cl)c1. The van der Waals surface area contributed by atoms with Crippen LogP contribution < -0.4 is 10.1 Å². The van der Waals surface area contributed by atoms with Gasteiger partial charge in [-0.1, -0.05) is 43.7 Å². The van der Waals surface area contributed by atoms with Gasteiger partial charge in [0, 0.05) is 12.5 Å². The van der Waals surface area contributed by atoms with E-state index in [0.29, 0.717) is 28.7 Å². The van der Waals surface area contributed by atoms with E-state index >= 15 is 0 Å². The molecule has 0 bridgehead atoms. The molecular weight excluding hydrogens is 374 g/mol. The molecule has 0 atom stereocenters. The quantitative estimate of drug-likeness (QED) is 0.436. The van der Waals surface area contributed by atoms with Crippen LogP contribution in [0.15, 0.2) is 23.1 Å². The van der Waals surface area contributed by atoms with Crippen LogP contribution in [0.4, 0.5) is 4.79 Å². The summed E-state index contributed by atoms with van der Waals surface area (Å²) in [6, 6.07) is 4.84. The Morgan fingerprint density at radius 2 is 2.04 bits per heavy atom. The normalized spacial score (nSPS) is 19.7. The van der Waals surface area contributed by atoms with E-state index in [1.165, 1.54) is 32.1 Å². The first kappa shape index (κ1) is 19.0. The second-order valence-electron chi connectivity index (χ2n) is 6.55. The molecule has 1 aliphatic carbocycles. The lowest BCUT2D eigenvalue weighted by Crippen LogP contribution is -2.17. The van der Waals surface area contributed by atoms with E-state index in [4.69, 9.17) is 16.3 Å². The number of thioether (sulfide) groups is 1. The molecule has 1 aliphatic heterocycles. The van der Waals surface area contributed by atoms with E-state index in [2.05, 4.69) is 5.32 Å². The third kappa shape index (κ3) is 5.11. The summed E-state index contributed by atoms with van der Waals surface area (Å²) in [5.74, 6) is 0.320. The molecule has 7 heteroatoms. The van der Waals surface area contributed by atoms with Crippen LogP contribution >= 0.6 is 23.4 Å². The lowest BCUT2D eigenvalue weighted by atomic mass is 9.86. The fourth-order valence-corrected chi connectivity index (χ4v) is 4.13. The summed E-state index contributed by atoms with van der Waals surface area (Å²) in [4.78, 5) is 35.1. The molecule has 1 saturated heterocycles. The van der Waals surface area contributed by atoms with E-state index in [0.717, 1.165) is 18.2 Å². The maximum absolute atomic E-state index is 12.0. The number of hydrogen-bond donors (Lipinski definition) is 1. The first-order valence-electron chi connectivity index (χ1n) is 8.76. The summed E-state index contributed by atoms with van der Waals surface area (Å²) in [5, 5.41) is 2.14. The van der Waals surface area contributed by atoms with E-state index in [1.54, 1.807) is 24.3 Å². The standard InChI is InChI=1S/C19H20ClNO4S/c20-15-11-14(25-17(22)9-6-12-4-2-1-3-5-12)8-7-13(15)10-16-18(23)21-19(24)26-16/h7-8,10-12H,1-6,9H2,(H,21,23,24)/b16-10-. The molecule has 1 N–H and O–H groups in total. The van der Waals surface area contributed by atoms with Crippen LogP contribution in [0.2, 0.25) is 5.02 Å². The largest absolute Gasteiger partial charge is 0.426 e. The zero-order valence-electron chi connectivity index (χ0n) is 14.3. The molecule has 2 amide bonds. The van der Waals surface area contributed by atoms with Crippen molar-refractivity contribution in [1.82, 2.24) is 5.32 Å². The van der Waals surface area contributed by atoms with Crippen molar-refractivity contribution in [2.75, 3.05) is 0 Å². The number of nitrogens with one attached hydrogen (secondary N) is 1. The third-order valence-electron chi connectivity index (χ3n) is 4.61. The van der Waals surface area contributed by atoms with Gasteiger partial charge in [0.25, 0.3) is 11.1 Å². The zero-order valence-corrected chi connectivity index (χ0v) is 15.8. The van der Waals surface area contributed by atoms with Crippen molar-refractivity contribution in [3.8, 4) is 5.75 Å². The highest BCUT2D eigenvalue weighted by molar-refractivity contribution is 8.18. The Morgan fingerprint density at radius 1 is 1.27 bits per heavy atom. The Bertz CT molecular complexity index is 756. The highest BCUT2D eigenvalue weighted by Crippen LogP contribution is 2.31. The second kappa shape index (κ2) is 8.73. The molecule has 26 heavy (non-hydrogen) atoms. The van der Waals surface area contributed by atoms with Gasteiger partial charge in [0.2, 0.25) is 0 Å². The Morgan fingerprint density at radius 3 is 2.69 bits per heavy atom. The van der Waals surface area contributed by atoms with E-state index in [1.807, 2.05) is 0 Å². The molecule has 0 radical (unpaired) electrons. The van der Waals surface area contributed by atoms with Gasteiger partial charge in [0.15, 0.2) is 0 Å². The van der Waals surface area contributed by atoms with Gasteiger partial charge in [-0.15, -0.1) is 0 Å². The van der Waals surface area contributed by atoms with Crippen LogP contribution in [0.5, 0.6) is 5.75 Å². The topological polar surface area (TPSA) is 72.5 Å². The van der Waals surface area contributed by atoms with Gasteiger partial charge in [0.05, 0.1) is 9.93 Å². The Hall–Kier alpha value is -1.79. The van der Waals surface area contributed by atoms with Crippen molar-refractivity contribution in [3.63, 3.8) is 0 Å². The minimum Gasteiger partial charge on any atom is -0.426 e. The first-order valence-corrected chi connectivity index (χ1v) is 9.96. The molecule has 1 aromatic carbocycles. The summed E-state index contributed by atoms with van der Waals surface area (Å²) >= 11 is 7.04. The number of esters is 1. The van der Waals surface area contributed by atoms with Crippen molar-refractivity contribution < 1.29 is 19.1 Å². The molecule has 138 valence electrons. The highest BCUT2D eigenvalue weighted by Gasteiger charge is 2.25. The van der Waals surface area contributed by atoms with E-state index < -0.39 is 11.1 Å². The smallest absolute Gasteiger partial charge is 0.311 e. The van der Waals surface area contributed by atoms with E-state index in [9.17, 15) is 14.4 Å². The highest BCUT2D eigenvalue weighted by atomic mass is 35.5. The van der Waals surface area contributed by atoms with Crippen LogP contribution in [-0.2, 0) is 9.59 Å². The predicted octanol–water partition coefficient (Wildman–Crippen LogP) is 4.93. The van der Waals surface area contributed by atoms with Crippen molar-refractivity contribution in [1.29, 1.82) is 0 Å². The van der Waals surface area contributed by atoms with Gasteiger partial charge in [0.1, 0.15) is 5.75 Å². The Kier molecular flexibility index (Phi) is 6.38. The van der Waals surface area contributed by atoms with Gasteiger partial charge in [-0.25, -0.2) is 0 Å². The lowest BCUT2D eigenvalue weighted by Gasteiger charge is -2.20. The fraction of sp³-hybridized carbons (Fsp3) is 0.421. The fourth-order valence-electron chi connectivity index (χ4n) is 3.23. The Balaban J connectivity index is 1.57. The molecule has 2 fully saturated rings. The molecule has 1 aromatic rings. The second-order valence-corrected chi connectivity index (χ2v) is 7.97. The number of carbonyl (C=O) groups excluding carboxylic acids is 3. The molecule has 5 nitrogen and oxygen atoms in total. The number of halogens is 1. The summed E-state index contributed by atoms with van der Waals surface area (Å²) < 4.78 is 5.37. The van der Waals surface area contributed by atoms with Crippen LogP contribution in [0.3, 0.4) is 0 Å². The maximum atomic E-state index is 12.0. The summed E-state index contributed by atoms with van der Waals surface area (Å²) in [7, 11) is 0. The van der Waals surface area contributed by atoms with Crippen LogP contribution in [0.25, 0.3) is 6.08 Å². The van der Waals surface area contributed by atoms with E-state index in [-0.39, 0.29) is 10.9 Å². The molecule has 1 saturated carbocycles. The Labute approximate surface area is 161 Å². The molecular formula is C19H20ClNO4S. The van der Waals surface area contributed by atoms with Crippen molar-refractivity contribution in [3.05, 3.63) is 33.7 Å². The van der Waals surface area contributed by atoms with Gasteiger partial charge in [-0.2, -0.15) is 0 Å². The predicted molar refractivity (Wildman–Crippen MR) is 102 cm³/mol. The number of carbonyl (C=O) groups is 3. The average molecular weight is 394 g/mol. The molecule has 1 heterocycles. The van der Waals surface area contributed by atoms with Gasteiger partial charge < -0.3 is 4.74 Å². The third-order valence-corrected chi connectivity index (χ3v) is 5.75. The van der Waals surface area contributed by atoms with Crippen molar-refractivity contribution >= 4 is 46.6 Å². The number of amides is 2.